The van der Waals surface area contributed by atoms with Gasteiger partial charge in [0.25, 0.3) is 0 Å². The first kappa shape index (κ1) is 7.94. The lowest BCUT2D eigenvalue weighted by Crippen LogP contribution is -2.26. The van der Waals surface area contributed by atoms with Crippen LogP contribution in [0.15, 0.2) is 12.4 Å². The fourth-order valence-electron chi connectivity index (χ4n) is 0.700. The predicted octanol–water partition coefficient (Wildman–Crippen LogP) is 0.0867. The van der Waals surface area contributed by atoms with Crippen molar-refractivity contribution in [1.82, 2.24) is 15.3 Å². The van der Waals surface area contributed by atoms with Gasteiger partial charge in [-0.2, -0.15) is 0 Å². The van der Waals surface area contributed by atoms with Crippen LogP contribution in [0.1, 0.15) is 12.7 Å². The maximum absolute atomic E-state index is 10.2. The molecular formula is C7H11N3O. The third-order valence-corrected chi connectivity index (χ3v) is 1.35. The van der Waals surface area contributed by atoms with Crippen LogP contribution in [0.25, 0.3) is 0 Å². The van der Waals surface area contributed by atoms with Crippen molar-refractivity contribution in [2.45, 2.75) is 19.5 Å². The van der Waals surface area contributed by atoms with E-state index in [9.17, 15) is 4.79 Å². The Bertz CT molecular complexity index is 207. The van der Waals surface area contributed by atoms with Crippen LogP contribution < -0.4 is 5.32 Å². The Labute approximate surface area is 65.0 Å². The third kappa shape index (κ3) is 2.51. The normalized spacial score (nSPS) is 12.8. The van der Waals surface area contributed by atoms with E-state index in [0.29, 0.717) is 6.54 Å². The number of aromatic amines is 1. The summed E-state index contributed by atoms with van der Waals surface area (Å²) in [5.41, 5.74) is 0. The second kappa shape index (κ2) is 3.88. The molecule has 0 amide bonds. The zero-order valence-electron chi connectivity index (χ0n) is 6.37. The van der Waals surface area contributed by atoms with Crippen molar-refractivity contribution in [3.63, 3.8) is 0 Å². The number of nitrogens with one attached hydrogen (secondary N) is 2. The number of hydrogen-bond donors (Lipinski definition) is 2. The van der Waals surface area contributed by atoms with Gasteiger partial charge in [-0.25, -0.2) is 4.98 Å². The predicted molar refractivity (Wildman–Crippen MR) is 41.0 cm³/mol. The minimum absolute atomic E-state index is 0.111. The second-order valence-corrected chi connectivity index (χ2v) is 2.34. The summed E-state index contributed by atoms with van der Waals surface area (Å²) >= 11 is 0. The van der Waals surface area contributed by atoms with Gasteiger partial charge >= 0.3 is 0 Å². The number of imidazole rings is 1. The molecule has 0 aliphatic rings. The van der Waals surface area contributed by atoms with Gasteiger partial charge in [-0.3, -0.25) is 0 Å². The van der Waals surface area contributed by atoms with Crippen LogP contribution in [0, 0.1) is 0 Å². The largest absolute Gasteiger partial charge is 0.348 e. The smallest absolute Gasteiger partial charge is 0.136 e. The topological polar surface area (TPSA) is 57.8 Å². The SMILES string of the molecule is CC(C=O)NCc1ncc[nH]1. The Kier molecular flexibility index (Phi) is 2.80. The fourth-order valence-corrected chi connectivity index (χ4v) is 0.700. The minimum Gasteiger partial charge on any atom is -0.348 e. The Morgan fingerprint density at radius 1 is 1.91 bits per heavy atom. The Morgan fingerprint density at radius 2 is 2.73 bits per heavy atom. The Balaban J connectivity index is 2.28. The van der Waals surface area contributed by atoms with E-state index in [4.69, 9.17) is 0 Å². The summed E-state index contributed by atoms with van der Waals surface area (Å²) in [7, 11) is 0. The highest BCUT2D eigenvalue weighted by Crippen LogP contribution is 1.87. The number of nitrogens with zero attached hydrogens (tertiary/aromatic N) is 1. The average molecular weight is 153 g/mol. The highest BCUT2D eigenvalue weighted by Gasteiger charge is 1.98. The lowest BCUT2D eigenvalue weighted by Gasteiger charge is -2.03. The number of carbonyl (C=O) groups is 1. The lowest BCUT2D eigenvalue weighted by molar-refractivity contribution is -0.109. The summed E-state index contributed by atoms with van der Waals surface area (Å²) in [4.78, 5) is 17.1. The van der Waals surface area contributed by atoms with Gasteiger partial charge in [0.1, 0.15) is 12.1 Å². The molecule has 0 bridgehead atoms. The van der Waals surface area contributed by atoms with Crippen molar-refractivity contribution in [2.75, 3.05) is 0 Å². The van der Waals surface area contributed by atoms with E-state index < -0.39 is 0 Å². The number of aldehydes is 1. The quantitative estimate of drug-likeness (QED) is 0.602. The van der Waals surface area contributed by atoms with Crippen LogP contribution >= 0.6 is 0 Å². The van der Waals surface area contributed by atoms with Crippen molar-refractivity contribution in [2.24, 2.45) is 0 Å². The van der Waals surface area contributed by atoms with E-state index in [1.807, 2.05) is 0 Å². The first-order chi connectivity index (χ1) is 5.33. The van der Waals surface area contributed by atoms with Gasteiger partial charge in [0.2, 0.25) is 0 Å². The standard InChI is InChI=1S/C7H11N3O/c1-6(5-11)10-4-7-8-2-3-9-7/h2-3,5-6,10H,4H2,1H3,(H,8,9). The number of aromatic nitrogens is 2. The molecule has 2 N–H and O–H groups in total. The molecule has 0 aromatic carbocycles. The molecule has 0 aliphatic heterocycles. The lowest BCUT2D eigenvalue weighted by atomic mass is 10.4. The van der Waals surface area contributed by atoms with Gasteiger partial charge in [0, 0.05) is 12.4 Å². The molecule has 0 radical (unpaired) electrons. The van der Waals surface area contributed by atoms with Crippen molar-refractivity contribution < 1.29 is 4.79 Å². The van der Waals surface area contributed by atoms with Gasteiger partial charge in [0.05, 0.1) is 12.6 Å². The molecule has 1 heterocycles. The molecule has 0 fully saturated rings. The monoisotopic (exact) mass is 153 g/mol. The molecule has 1 rings (SSSR count). The van der Waals surface area contributed by atoms with Crippen LogP contribution in [0.3, 0.4) is 0 Å². The molecule has 0 aliphatic carbocycles. The summed E-state index contributed by atoms with van der Waals surface area (Å²) in [6.07, 6.45) is 4.30. The highest BCUT2D eigenvalue weighted by atomic mass is 16.1. The maximum Gasteiger partial charge on any atom is 0.136 e. The number of hydrogen-bond acceptors (Lipinski definition) is 3. The molecule has 0 spiro atoms. The van der Waals surface area contributed by atoms with Crippen LogP contribution in [0.4, 0.5) is 0 Å². The van der Waals surface area contributed by atoms with E-state index in [2.05, 4.69) is 15.3 Å². The first-order valence-corrected chi connectivity index (χ1v) is 3.50. The molecule has 0 saturated carbocycles. The fraction of sp³-hybridized carbons (Fsp3) is 0.429. The van der Waals surface area contributed by atoms with Gasteiger partial charge in [-0.05, 0) is 6.92 Å². The number of rotatable bonds is 4. The Hall–Kier alpha value is -1.16. The van der Waals surface area contributed by atoms with Crippen LogP contribution in [-0.4, -0.2) is 22.3 Å². The van der Waals surface area contributed by atoms with Crippen molar-refractivity contribution >= 4 is 6.29 Å². The van der Waals surface area contributed by atoms with Gasteiger partial charge in [-0.1, -0.05) is 0 Å². The van der Waals surface area contributed by atoms with E-state index in [1.54, 1.807) is 19.3 Å². The average Bonchev–Trinajstić information content (AvgIpc) is 2.52. The van der Waals surface area contributed by atoms with Crippen LogP contribution in [0.5, 0.6) is 0 Å². The number of carbonyl (C=O) groups excluding carboxylic acids is 1. The van der Waals surface area contributed by atoms with Gasteiger partial charge < -0.3 is 15.1 Å². The van der Waals surface area contributed by atoms with E-state index in [-0.39, 0.29) is 6.04 Å². The minimum atomic E-state index is -0.111. The molecule has 60 valence electrons. The molecule has 0 saturated heterocycles. The maximum atomic E-state index is 10.2. The summed E-state index contributed by atoms with van der Waals surface area (Å²) in [5.74, 6) is 0.846. The zero-order valence-corrected chi connectivity index (χ0v) is 6.37. The summed E-state index contributed by atoms with van der Waals surface area (Å²) < 4.78 is 0. The first-order valence-electron chi connectivity index (χ1n) is 3.50. The molecule has 1 aromatic heterocycles. The summed E-state index contributed by atoms with van der Waals surface area (Å²) in [5, 5.41) is 2.97. The highest BCUT2D eigenvalue weighted by molar-refractivity contribution is 5.56. The Morgan fingerprint density at radius 3 is 3.27 bits per heavy atom. The van der Waals surface area contributed by atoms with E-state index in [0.717, 1.165) is 12.1 Å². The molecule has 11 heavy (non-hydrogen) atoms. The van der Waals surface area contributed by atoms with Crippen molar-refractivity contribution in [3.8, 4) is 0 Å². The molecule has 1 aromatic rings. The molecule has 4 heteroatoms. The van der Waals surface area contributed by atoms with Gasteiger partial charge in [-0.15, -0.1) is 0 Å². The van der Waals surface area contributed by atoms with Crippen LogP contribution in [-0.2, 0) is 11.3 Å². The zero-order chi connectivity index (χ0) is 8.10. The van der Waals surface area contributed by atoms with Crippen LogP contribution in [0.2, 0.25) is 0 Å². The third-order valence-electron chi connectivity index (χ3n) is 1.35. The molecule has 1 unspecified atom stereocenters. The van der Waals surface area contributed by atoms with E-state index in [1.165, 1.54) is 0 Å². The van der Waals surface area contributed by atoms with Crippen molar-refractivity contribution in [1.29, 1.82) is 0 Å². The summed E-state index contributed by atoms with van der Waals surface area (Å²) in [6.45, 7) is 2.41. The van der Waals surface area contributed by atoms with E-state index >= 15 is 0 Å². The number of H-pyrrole nitrogens is 1. The molecule has 1 atom stereocenters. The van der Waals surface area contributed by atoms with Gasteiger partial charge in [0.15, 0.2) is 0 Å². The van der Waals surface area contributed by atoms with Crippen molar-refractivity contribution in [3.05, 3.63) is 18.2 Å². The second-order valence-electron chi connectivity index (χ2n) is 2.34. The molecule has 4 nitrogen and oxygen atoms in total. The molecular weight excluding hydrogens is 142 g/mol. The summed E-state index contributed by atoms with van der Waals surface area (Å²) in [6, 6.07) is -0.111.